The summed E-state index contributed by atoms with van der Waals surface area (Å²) in [6.45, 7) is 2.30. The molecule has 0 radical (unpaired) electrons. The summed E-state index contributed by atoms with van der Waals surface area (Å²) in [6, 6.07) is 14.7. The Bertz CT molecular complexity index is 1290. The van der Waals surface area contributed by atoms with Crippen LogP contribution in [0.2, 0.25) is 0 Å². The number of aromatic amines is 1. The summed E-state index contributed by atoms with van der Waals surface area (Å²) in [5.41, 5.74) is 2.81. The number of hydrogen-bond donors (Lipinski definition) is 2. The summed E-state index contributed by atoms with van der Waals surface area (Å²) in [4.78, 5) is 46.0. The van der Waals surface area contributed by atoms with Gasteiger partial charge in [-0.25, -0.2) is 9.69 Å². The number of anilines is 1. The van der Waals surface area contributed by atoms with Crippen molar-refractivity contribution >= 4 is 34.4 Å². The van der Waals surface area contributed by atoms with Gasteiger partial charge < -0.3 is 15.2 Å². The third-order valence-corrected chi connectivity index (χ3v) is 7.55. The van der Waals surface area contributed by atoms with E-state index < -0.39 is 5.54 Å². The lowest BCUT2D eigenvalue weighted by Gasteiger charge is -2.35. The fourth-order valence-corrected chi connectivity index (χ4v) is 5.72. The van der Waals surface area contributed by atoms with Crippen LogP contribution in [0.4, 0.5) is 10.5 Å². The molecule has 3 aliphatic rings. The van der Waals surface area contributed by atoms with Crippen LogP contribution in [0.3, 0.4) is 0 Å². The van der Waals surface area contributed by atoms with Gasteiger partial charge >= 0.3 is 6.03 Å². The lowest BCUT2D eigenvalue weighted by molar-refractivity contribution is -0.125. The number of imide groups is 1. The molecule has 1 saturated carbocycles. The molecule has 6 rings (SSSR count). The van der Waals surface area contributed by atoms with Crippen LogP contribution in [0.25, 0.3) is 10.9 Å². The first kappa shape index (κ1) is 20.0. The van der Waals surface area contributed by atoms with E-state index in [0.29, 0.717) is 24.2 Å². The van der Waals surface area contributed by atoms with E-state index in [1.165, 1.54) is 4.90 Å². The second-order valence-electron chi connectivity index (χ2n) is 9.42. The van der Waals surface area contributed by atoms with Gasteiger partial charge in [0.2, 0.25) is 0 Å². The van der Waals surface area contributed by atoms with Crippen LogP contribution in [-0.2, 0) is 16.8 Å². The van der Waals surface area contributed by atoms with E-state index in [1.54, 1.807) is 29.2 Å². The van der Waals surface area contributed by atoms with Crippen LogP contribution in [0, 0.1) is 0 Å². The molecule has 2 aromatic carbocycles. The lowest BCUT2D eigenvalue weighted by atomic mass is 9.87. The molecule has 168 valence electrons. The van der Waals surface area contributed by atoms with Gasteiger partial charge in [-0.3, -0.25) is 9.59 Å². The Balaban J connectivity index is 1.32. The number of aromatic nitrogens is 1. The summed E-state index contributed by atoms with van der Waals surface area (Å²) in [7, 11) is 0. The van der Waals surface area contributed by atoms with Crippen LogP contribution in [0.15, 0.2) is 48.5 Å². The number of nitrogens with zero attached hydrogens (tertiary/aromatic N) is 2. The second kappa shape index (κ2) is 7.20. The molecule has 3 heterocycles. The minimum absolute atomic E-state index is 0.111. The summed E-state index contributed by atoms with van der Waals surface area (Å²) < 4.78 is 0. The topological polar surface area (TPSA) is 85.5 Å². The largest absolute Gasteiger partial charge is 0.356 e. The van der Waals surface area contributed by atoms with E-state index in [4.69, 9.17) is 0 Å². The molecule has 1 atom stereocenters. The van der Waals surface area contributed by atoms with E-state index in [9.17, 15) is 14.4 Å². The highest BCUT2D eigenvalue weighted by molar-refractivity contribution is 6.23. The van der Waals surface area contributed by atoms with Crippen LogP contribution in [-0.4, -0.2) is 40.3 Å². The van der Waals surface area contributed by atoms with Crippen molar-refractivity contribution in [3.05, 3.63) is 65.4 Å². The van der Waals surface area contributed by atoms with Crippen LogP contribution in [0.1, 0.15) is 54.2 Å². The summed E-state index contributed by atoms with van der Waals surface area (Å²) in [6.07, 6.45) is 5.03. The highest BCUT2D eigenvalue weighted by atomic mass is 16.2. The molecule has 33 heavy (non-hydrogen) atoms. The highest BCUT2D eigenvalue weighted by Gasteiger charge is 2.59. The van der Waals surface area contributed by atoms with Crippen LogP contribution >= 0.6 is 0 Å². The Morgan fingerprint density at radius 2 is 1.79 bits per heavy atom. The molecule has 2 fully saturated rings. The first-order valence-electron chi connectivity index (χ1n) is 11.7. The van der Waals surface area contributed by atoms with E-state index in [2.05, 4.69) is 16.4 Å². The predicted molar refractivity (Wildman–Crippen MR) is 125 cm³/mol. The first-order valence-corrected chi connectivity index (χ1v) is 11.7. The van der Waals surface area contributed by atoms with Gasteiger partial charge in [0, 0.05) is 29.1 Å². The number of nitrogens with one attached hydrogen (secondary N) is 2. The highest BCUT2D eigenvalue weighted by Crippen LogP contribution is 2.45. The standard InChI is InChI=1S/C26H26N4O3/c1-26-22-20(19-8-4-5-9-21(19)28-22)14-15-29(26)25(33)30(24(26)32)18-12-10-16(11-13-18)23(31)27-17-6-2-3-7-17/h4-5,8-13,17,28H,2-3,6-7,14-15H2,1H3,(H,27,31). The number of urea groups is 1. The third-order valence-electron chi connectivity index (χ3n) is 7.55. The number of benzene rings is 2. The maximum absolute atomic E-state index is 13.7. The number of hydrogen-bond acceptors (Lipinski definition) is 3. The number of carbonyl (C=O) groups is 3. The molecule has 2 N–H and O–H groups in total. The minimum Gasteiger partial charge on any atom is -0.356 e. The fourth-order valence-electron chi connectivity index (χ4n) is 5.72. The van der Waals surface area contributed by atoms with Crippen molar-refractivity contribution < 1.29 is 14.4 Å². The van der Waals surface area contributed by atoms with Crippen molar-refractivity contribution in [3.63, 3.8) is 0 Å². The molecule has 7 nitrogen and oxygen atoms in total. The fraction of sp³-hybridized carbons (Fsp3) is 0.346. The first-order chi connectivity index (χ1) is 16.0. The number of amides is 4. The molecule has 3 aromatic rings. The molecule has 1 aromatic heterocycles. The molecular formula is C26H26N4O3. The number of fused-ring (bicyclic) bond motifs is 5. The average Bonchev–Trinajstić information content (AvgIpc) is 3.51. The number of rotatable bonds is 3. The van der Waals surface area contributed by atoms with E-state index >= 15 is 0 Å². The Morgan fingerprint density at radius 3 is 2.55 bits per heavy atom. The molecule has 1 unspecified atom stereocenters. The van der Waals surface area contributed by atoms with Gasteiger partial charge in [0.1, 0.15) is 0 Å². The Hall–Kier alpha value is -3.61. The van der Waals surface area contributed by atoms with Gasteiger partial charge in [-0.1, -0.05) is 31.0 Å². The van der Waals surface area contributed by atoms with Gasteiger partial charge in [0.25, 0.3) is 11.8 Å². The van der Waals surface area contributed by atoms with Crippen molar-refractivity contribution in [1.82, 2.24) is 15.2 Å². The molecule has 7 heteroatoms. The quantitative estimate of drug-likeness (QED) is 0.600. The normalized spacial score (nSPS) is 22.7. The summed E-state index contributed by atoms with van der Waals surface area (Å²) in [5.74, 6) is -0.386. The van der Waals surface area contributed by atoms with Crippen LogP contribution in [0.5, 0.6) is 0 Å². The monoisotopic (exact) mass is 442 g/mol. The van der Waals surface area contributed by atoms with Crippen molar-refractivity contribution in [2.75, 3.05) is 11.4 Å². The number of carbonyl (C=O) groups excluding carboxylic acids is 3. The third kappa shape index (κ3) is 2.84. The molecule has 2 aliphatic heterocycles. The maximum Gasteiger partial charge on any atom is 0.332 e. The van der Waals surface area contributed by atoms with Crippen molar-refractivity contribution in [3.8, 4) is 0 Å². The van der Waals surface area contributed by atoms with Gasteiger partial charge in [-0.05, 0) is 62.1 Å². The second-order valence-corrected chi connectivity index (χ2v) is 9.42. The zero-order chi connectivity index (χ0) is 22.7. The minimum atomic E-state index is -1.08. The van der Waals surface area contributed by atoms with E-state index in [-0.39, 0.29) is 23.9 Å². The van der Waals surface area contributed by atoms with E-state index in [0.717, 1.165) is 47.8 Å². The Labute approximate surface area is 191 Å². The zero-order valence-corrected chi connectivity index (χ0v) is 18.6. The van der Waals surface area contributed by atoms with Crippen molar-refractivity contribution in [1.29, 1.82) is 0 Å². The zero-order valence-electron chi connectivity index (χ0n) is 18.6. The molecule has 4 amide bonds. The molecular weight excluding hydrogens is 416 g/mol. The lowest BCUT2D eigenvalue weighted by Crippen LogP contribution is -2.49. The van der Waals surface area contributed by atoms with Crippen molar-refractivity contribution in [2.24, 2.45) is 0 Å². The molecule has 1 aliphatic carbocycles. The predicted octanol–water partition coefficient (Wildman–Crippen LogP) is 4.08. The van der Waals surface area contributed by atoms with Gasteiger partial charge in [-0.15, -0.1) is 0 Å². The maximum atomic E-state index is 13.7. The average molecular weight is 443 g/mol. The summed E-state index contributed by atoms with van der Waals surface area (Å²) in [5, 5.41) is 4.17. The van der Waals surface area contributed by atoms with Gasteiger partial charge in [0.05, 0.1) is 11.4 Å². The molecule has 0 bridgehead atoms. The SMILES string of the molecule is CC12C(=O)N(c3ccc(C(=O)NC4CCCC4)cc3)C(=O)N1CCc1c2[nH]c2ccccc12. The summed E-state index contributed by atoms with van der Waals surface area (Å²) >= 11 is 0. The van der Waals surface area contributed by atoms with Gasteiger partial charge in [-0.2, -0.15) is 0 Å². The van der Waals surface area contributed by atoms with Gasteiger partial charge in [0.15, 0.2) is 5.54 Å². The smallest absolute Gasteiger partial charge is 0.332 e. The van der Waals surface area contributed by atoms with E-state index in [1.807, 2.05) is 25.1 Å². The van der Waals surface area contributed by atoms with Crippen LogP contribution < -0.4 is 10.2 Å². The van der Waals surface area contributed by atoms with Crippen molar-refractivity contribution in [2.45, 2.75) is 50.6 Å². The number of para-hydroxylation sites is 1. The Kier molecular flexibility index (Phi) is 4.37. The number of H-pyrrole nitrogens is 1. The molecule has 1 saturated heterocycles. The Morgan fingerprint density at radius 1 is 1.06 bits per heavy atom. The molecule has 0 spiro atoms.